The fraction of sp³-hybridized carbons (Fsp3) is 0.179. The molecule has 0 spiro atoms. The van der Waals surface area contributed by atoms with Crippen LogP contribution in [0.2, 0.25) is 0 Å². The zero-order valence-corrected chi connectivity index (χ0v) is 21.0. The minimum absolute atomic E-state index is 0.116. The van der Waals surface area contributed by atoms with E-state index in [2.05, 4.69) is 15.6 Å². The molecule has 0 saturated carbocycles. The van der Waals surface area contributed by atoms with Crippen molar-refractivity contribution >= 4 is 34.0 Å². The van der Waals surface area contributed by atoms with Gasteiger partial charge in [0.1, 0.15) is 0 Å². The molecule has 37 heavy (non-hydrogen) atoms. The van der Waals surface area contributed by atoms with Crippen molar-refractivity contribution in [3.63, 3.8) is 0 Å². The molecule has 6 N–H and O–H groups in total. The topological polar surface area (TPSA) is 138 Å². The Kier molecular flexibility index (Phi) is 10.8. The van der Waals surface area contributed by atoms with Crippen LogP contribution in [-0.4, -0.2) is 40.2 Å². The first-order chi connectivity index (χ1) is 17.9. The molecule has 1 heterocycles. The Hall–Kier alpha value is -4.05. The molecule has 1 atom stereocenters. The van der Waals surface area contributed by atoms with Crippen molar-refractivity contribution in [2.75, 3.05) is 24.1 Å². The Labute approximate surface area is 219 Å². The molecule has 4 aromatic rings. The molecule has 0 unspecified atom stereocenters. The van der Waals surface area contributed by atoms with Crippen LogP contribution in [0.15, 0.2) is 90.3 Å². The molecular formula is C28H30N4O4S. The number of thiazole rings is 1. The average molecular weight is 519 g/mol. The van der Waals surface area contributed by atoms with Gasteiger partial charge in [0, 0.05) is 17.6 Å². The molecule has 0 saturated heterocycles. The molecule has 0 aliphatic heterocycles. The van der Waals surface area contributed by atoms with E-state index in [4.69, 9.17) is 10.8 Å². The molecule has 0 bridgehead atoms. The number of aromatic nitrogens is 1. The standard InChI is InChI=1S/C21H24N4O2S.C7H6O2/c22-21-25-18(14-28-21)12-20(27)24-17-8-6-15(7-9-17)10-11-23-13-19(26)16-4-2-1-3-5-16;8-7(9)6-4-2-1-3-5-6/h1-9,14,19,23,26H,10-13H2,(H2,22,25)(H,24,27);1-5H,(H,8,9)/t19-;/m0./s1. The summed E-state index contributed by atoms with van der Waals surface area (Å²) in [5.74, 6) is -0.995. The third-order valence-electron chi connectivity index (χ3n) is 5.28. The number of benzene rings is 3. The summed E-state index contributed by atoms with van der Waals surface area (Å²) < 4.78 is 0. The largest absolute Gasteiger partial charge is 0.478 e. The average Bonchev–Trinajstić information content (AvgIpc) is 3.32. The van der Waals surface area contributed by atoms with E-state index in [0.29, 0.717) is 22.9 Å². The fourth-order valence-corrected chi connectivity index (χ4v) is 3.94. The number of aliphatic hydroxyl groups is 1. The van der Waals surface area contributed by atoms with Crippen LogP contribution in [-0.2, 0) is 17.6 Å². The van der Waals surface area contributed by atoms with Gasteiger partial charge in [-0.3, -0.25) is 4.79 Å². The summed E-state index contributed by atoms with van der Waals surface area (Å²) in [5, 5.41) is 26.9. The molecule has 0 fully saturated rings. The van der Waals surface area contributed by atoms with E-state index >= 15 is 0 Å². The van der Waals surface area contributed by atoms with Gasteiger partial charge in [0.15, 0.2) is 5.13 Å². The zero-order valence-electron chi connectivity index (χ0n) is 20.2. The highest BCUT2D eigenvalue weighted by molar-refractivity contribution is 7.13. The number of nitrogen functional groups attached to an aromatic ring is 1. The molecule has 192 valence electrons. The van der Waals surface area contributed by atoms with Crippen LogP contribution in [0.3, 0.4) is 0 Å². The summed E-state index contributed by atoms with van der Waals surface area (Å²) in [5.41, 5.74) is 9.41. The maximum atomic E-state index is 12.0. The molecule has 3 aromatic carbocycles. The van der Waals surface area contributed by atoms with Crippen LogP contribution in [0.5, 0.6) is 0 Å². The van der Waals surface area contributed by atoms with Gasteiger partial charge in [0.05, 0.1) is 23.8 Å². The number of aromatic carboxylic acids is 1. The number of carbonyl (C=O) groups excluding carboxylic acids is 1. The van der Waals surface area contributed by atoms with Gasteiger partial charge < -0.3 is 26.6 Å². The number of carboxylic acid groups (broad SMARTS) is 1. The molecule has 1 amide bonds. The van der Waals surface area contributed by atoms with Gasteiger partial charge in [0.2, 0.25) is 5.91 Å². The summed E-state index contributed by atoms with van der Waals surface area (Å²) in [6, 6.07) is 25.7. The van der Waals surface area contributed by atoms with Crippen molar-refractivity contribution in [3.05, 3.63) is 113 Å². The maximum absolute atomic E-state index is 12.0. The summed E-state index contributed by atoms with van der Waals surface area (Å²) in [7, 11) is 0. The molecule has 0 aliphatic carbocycles. The van der Waals surface area contributed by atoms with Crippen molar-refractivity contribution in [2.45, 2.75) is 18.9 Å². The second-order valence-electron chi connectivity index (χ2n) is 8.15. The smallest absolute Gasteiger partial charge is 0.335 e. The number of amides is 1. The van der Waals surface area contributed by atoms with E-state index in [9.17, 15) is 14.7 Å². The number of nitrogens with two attached hydrogens (primary N) is 1. The zero-order chi connectivity index (χ0) is 26.5. The SMILES string of the molecule is Nc1nc(CC(=O)Nc2ccc(CCNC[C@H](O)c3ccccc3)cc2)cs1.O=C(O)c1ccccc1. The normalized spacial score (nSPS) is 11.2. The van der Waals surface area contributed by atoms with Gasteiger partial charge in [-0.2, -0.15) is 0 Å². The second kappa shape index (κ2) is 14.5. The highest BCUT2D eigenvalue weighted by Crippen LogP contribution is 2.14. The van der Waals surface area contributed by atoms with Crippen LogP contribution in [0.4, 0.5) is 10.8 Å². The van der Waals surface area contributed by atoms with Crippen LogP contribution in [0.25, 0.3) is 0 Å². The van der Waals surface area contributed by atoms with E-state index in [0.717, 1.165) is 29.8 Å². The lowest BCUT2D eigenvalue weighted by Gasteiger charge is -2.12. The number of carboxylic acids is 1. The summed E-state index contributed by atoms with van der Waals surface area (Å²) >= 11 is 1.33. The van der Waals surface area contributed by atoms with Crippen molar-refractivity contribution < 1.29 is 19.8 Å². The predicted octanol–water partition coefficient (Wildman–Crippen LogP) is 4.16. The Morgan fingerprint density at radius 1 is 0.946 bits per heavy atom. The van der Waals surface area contributed by atoms with Gasteiger partial charge >= 0.3 is 5.97 Å². The summed E-state index contributed by atoms with van der Waals surface area (Å²) in [6.07, 6.45) is 0.545. The fourth-order valence-electron chi connectivity index (χ4n) is 3.37. The molecule has 1 aromatic heterocycles. The first kappa shape index (κ1) is 27.5. The number of anilines is 2. The lowest BCUT2D eigenvalue weighted by Crippen LogP contribution is -2.23. The maximum Gasteiger partial charge on any atom is 0.335 e. The predicted molar refractivity (Wildman–Crippen MR) is 147 cm³/mol. The number of carbonyl (C=O) groups is 2. The van der Waals surface area contributed by atoms with Crippen molar-refractivity contribution in [2.24, 2.45) is 0 Å². The van der Waals surface area contributed by atoms with E-state index in [-0.39, 0.29) is 12.3 Å². The number of hydrogen-bond acceptors (Lipinski definition) is 7. The lowest BCUT2D eigenvalue weighted by atomic mass is 10.1. The molecule has 9 heteroatoms. The van der Waals surface area contributed by atoms with Crippen molar-refractivity contribution in [3.8, 4) is 0 Å². The summed E-state index contributed by atoms with van der Waals surface area (Å²) in [4.78, 5) is 26.3. The van der Waals surface area contributed by atoms with Crippen LogP contribution in [0.1, 0.15) is 33.3 Å². The first-order valence-corrected chi connectivity index (χ1v) is 12.6. The van der Waals surface area contributed by atoms with Crippen molar-refractivity contribution in [1.82, 2.24) is 10.3 Å². The third kappa shape index (κ3) is 9.85. The number of nitrogens with one attached hydrogen (secondary N) is 2. The van der Waals surface area contributed by atoms with Gasteiger partial charge in [-0.15, -0.1) is 11.3 Å². The van der Waals surface area contributed by atoms with E-state index in [1.54, 1.807) is 35.7 Å². The van der Waals surface area contributed by atoms with Crippen LogP contribution >= 0.6 is 11.3 Å². The van der Waals surface area contributed by atoms with Crippen LogP contribution in [0, 0.1) is 0 Å². The minimum Gasteiger partial charge on any atom is -0.478 e. The summed E-state index contributed by atoms with van der Waals surface area (Å²) in [6.45, 7) is 1.28. The van der Waals surface area contributed by atoms with Gasteiger partial charge in [0.25, 0.3) is 0 Å². The third-order valence-corrected chi connectivity index (χ3v) is 6.00. The molecule has 0 aliphatic rings. The first-order valence-electron chi connectivity index (χ1n) is 11.7. The minimum atomic E-state index is -0.879. The Balaban J connectivity index is 0.000000356. The number of hydrogen-bond donors (Lipinski definition) is 5. The van der Waals surface area contributed by atoms with E-state index < -0.39 is 12.1 Å². The van der Waals surface area contributed by atoms with E-state index in [1.165, 1.54) is 11.3 Å². The Bertz CT molecular complexity index is 1250. The monoisotopic (exact) mass is 518 g/mol. The number of rotatable bonds is 10. The molecular weight excluding hydrogens is 488 g/mol. The van der Waals surface area contributed by atoms with Crippen LogP contribution < -0.4 is 16.4 Å². The molecule has 4 rings (SSSR count). The lowest BCUT2D eigenvalue weighted by molar-refractivity contribution is -0.115. The number of aliphatic hydroxyl groups excluding tert-OH is 1. The molecule has 0 radical (unpaired) electrons. The Morgan fingerprint density at radius 3 is 2.16 bits per heavy atom. The quantitative estimate of drug-likeness (QED) is 0.199. The second-order valence-corrected chi connectivity index (χ2v) is 9.04. The van der Waals surface area contributed by atoms with E-state index in [1.807, 2.05) is 54.6 Å². The van der Waals surface area contributed by atoms with Gasteiger partial charge in [-0.1, -0.05) is 60.7 Å². The number of nitrogens with zero attached hydrogens (tertiary/aromatic N) is 1. The van der Waals surface area contributed by atoms with Crippen molar-refractivity contribution in [1.29, 1.82) is 0 Å². The highest BCUT2D eigenvalue weighted by atomic mass is 32.1. The van der Waals surface area contributed by atoms with Gasteiger partial charge in [-0.25, -0.2) is 9.78 Å². The highest BCUT2D eigenvalue weighted by Gasteiger charge is 2.08. The van der Waals surface area contributed by atoms with Gasteiger partial charge in [-0.05, 0) is 48.4 Å². The Morgan fingerprint density at radius 2 is 1.59 bits per heavy atom. The molecule has 8 nitrogen and oxygen atoms in total.